The Labute approximate surface area is 136 Å². The maximum Gasteiger partial charge on any atom is 0.224 e. The van der Waals surface area contributed by atoms with Crippen LogP contribution >= 0.6 is 11.8 Å². The highest BCUT2D eigenvalue weighted by atomic mass is 32.2. The summed E-state index contributed by atoms with van der Waals surface area (Å²) in [5.41, 5.74) is 2.09. The number of methoxy groups -OCH3 is 1. The molecule has 0 saturated heterocycles. The highest BCUT2D eigenvalue weighted by Gasteiger charge is 2.10. The largest absolute Gasteiger partial charge is 0.497 e. The van der Waals surface area contributed by atoms with Crippen molar-refractivity contribution in [2.75, 3.05) is 13.4 Å². The average Bonchev–Trinajstić information content (AvgIpc) is 2.55. The van der Waals surface area contributed by atoms with Gasteiger partial charge in [-0.2, -0.15) is 0 Å². The van der Waals surface area contributed by atoms with Crippen LogP contribution in [0.1, 0.15) is 24.1 Å². The SMILES string of the molecule is COc1ccc(CC(=O)NC(C)c2ccc(SC)cc2)cc1. The monoisotopic (exact) mass is 315 g/mol. The van der Waals surface area contributed by atoms with Crippen molar-refractivity contribution in [3.63, 3.8) is 0 Å². The Balaban J connectivity index is 1.92. The van der Waals surface area contributed by atoms with Gasteiger partial charge in [0.25, 0.3) is 0 Å². The van der Waals surface area contributed by atoms with E-state index in [4.69, 9.17) is 4.74 Å². The van der Waals surface area contributed by atoms with Crippen molar-refractivity contribution in [1.29, 1.82) is 0 Å². The third-order valence-corrected chi connectivity index (χ3v) is 4.26. The summed E-state index contributed by atoms with van der Waals surface area (Å²) in [4.78, 5) is 13.3. The van der Waals surface area contributed by atoms with E-state index in [1.807, 2.05) is 31.2 Å². The molecule has 116 valence electrons. The van der Waals surface area contributed by atoms with Gasteiger partial charge < -0.3 is 10.1 Å². The lowest BCUT2D eigenvalue weighted by atomic mass is 10.1. The molecule has 0 aliphatic carbocycles. The van der Waals surface area contributed by atoms with Gasteiger partial charge in [-0.25, -0.2) is 0 Å². The smallest absolute Gasteiger partial charge is 0.224 e. The molecule has 0 fully saturated rings. The standard InChI is InChI=1S/C18H21NO2S/c1-13(15-6-10-17(22-3)11-7-15)19-18(20)12-14-4-8-16(21-2)9-5-14/h4-11,13H,12H2,1-3H3,(H,19,20). The van der Waals surface area contributed by atoms with E-state index in [1.54, 1.807) is 18.9 Å². The molecule has 0 aliphatic heterocycles. The minimum atomic E-state index is 0.00153. The van der Waals surface area contributed by atoms with Crippen LogP contribution in [0.5, 0.6) is 5.75 Å². The van der Waals surface area contributed by atoms with Crippen molar-refractivity contribution in [3.05, 3.63) is 59.7 Å². The zero-order valence-electron chi connectivity index (χ0n) is 13.1. The molecule has 0 radical (unpaired) electrons. The Kier molecular flexibility index (Phi) is 5.90. The second kappa shape index (κ2) is 7.90. The number of hydrogen-bond donors (Lipinski definition) is 1. The van der Waals surface area contributed by atoms with Gasteiger partial charge in [0.2, 0.25) is 5.91 Å². The van der Waals surface area contributed by atoms with Gasteiger partial charge >= 0.3 is 0 Å². The van der Waals surface area contributed by atoms with Crippen molar-refractivity contribution in [3.8, 4) is 5.75 Å². The fourth-order valence-electron chi connectivity index (χ4n) is 2.20. The van der Waals surface area contributed by atoms with E-state index in [0.29, 0.717) is 6.42 Å². The number of rotatable bonds is 6. The molecule has 1 unspecified atom stereocenters. The Bertz CT molecular complexity index is 608. The molecular weight excluding hydrogens is 294 g/mol. The van der Waals surface area contributed by atoms with Crippen LogP contribution in [0.3, 0.4) is 0 Å². The van der Waals surface area contributed by atoms with Crippen LogP contribution in [-0.4, -0.2) is 19.3 Å². The van der Waals surface area contributed by atoms with E-state index < -0.39 is 0 Å². The molecule has 22 heavy (non-hydrogen) atoms. The van der Waals surface area contributed by atoms with Crippen molar-refractivity contribution < 1.29 is 9.53 Å². The van der Waals surface area contributed by atoms with Crippen LogP contribution in [-0.2, 0) is 11.2 Å². The quantitative estimate of drug-likeness (QED) is 0.823. The van der Waals surface area contributed by atoms with E-state index in [9.17, 15) is 4.79 Å². The Morgan fingerprint density at radius 3 is 2.32 bits per heavy atom. The van der Waals surface area contributed by atoms with Crippen LogP contribution in [0.25, 0.3) is 0 Å². The molecule has 0 spiro atoms. The lowest BCUT2D eigenvalue weighted by molar-refractivity contribution is -0.121. The first-order valence-corrected chi connectivity index (χ1v) is 8.41. The molecule has 0 bridgehead atoms. The Morgan fingerprint density at radius 2 is 1.77 bits per heavy atom. The van der Waals surface area contributed by atoms with Gasteiger partial charge in [-0.05, 0) is 48.6 Å². The Morgan fingerprint density at radius 1 is 1.14 bits per heavy atom. The highest BCUT2D eigenvalue weighted by Crippen LogP contribution is 2.19. The number of amides is 1. The zero-order chi connectivity index (χ0) is 15.9. The van der Waals surface area contributed by atoms with E-state index >= 15 is 0 Å². The first kappa shape index (κ1) is 16.4. The summed E-state index contributed by atoms with van der Waals surface area (Å²) in [6.45, 7) is 2.00. The molecule has 1 atom stereocenters. The van der Waals surface area contributed by atoms with Crippen LogP contribution in [0.4, 0.5) is 0 Å². The third-order valence-electron chi connectivity index (χ3n) is 3.52. The lowest BCUT2D eigenvalue weighted by Gasteiger charge is -2.15. The maximum atomic E-state index is 12.1. The fourth-order valence-corrected chi connectivity index (χ4v) is 2.61. The predicted octanol–water partition coefficient (Wildman–Crippen LogP) is 3.84. The normalized spacial score (nSPS) is 11.8. The second-order valence-corrected chi connectivity index (χ2v) is 5.97. The molecule has 0 aromatic heterocycles. The van der Waals surface area contributed by atoms with Gasteiger partial charge in [0, 0.05) is 4.90 Å². The third kappa shape index (κ3) is 4.53. The van der Waals surface area contributed by atoms with Gasteiger partial charge in [0.1, 0.15) is 5.75 Å². The maximum absolute atomic E-state index is 12.1. The summed E-state index contributed by atoms with van der Waals surface area (Å²) in [7, 11) is 1.63. The molecule has 2 rings (SSSR count). The van der Waals surface area contributed by atoms with E-state index in [2.05, 4.69) is 35.8 Å². The topological polar surface area (TPSA) is 38.3 Å². The molecular formula is C18H21NO2S. The van der Waals surface area contributed by atoms with Gasteiger partial charge in [-0.3, -0.25) is 4.79 Å². The van der Waals surface area contributed by atoms with Crippen molar-refractivity contribution in [2.45, 2.75) is 24.3 Å². The molecule has 0 aliphatic rings. The number of carbonyl (C=O) groups is 1. The number of carbonyl (C=O) groups excluding carboxylic acids is 1. The summed E-state index contributed by atoms with van der Waals surface area (Å²) in [6, 6.07) is 15.8. The second-order valence-electron chi connectivity index (χ2n) is 5.09. The van der Waals surface area contributed by atoms with Crippen molar-refractivity contribution >= 4 is 17.7 Å². The van der Waals surface area contributed by atoms with Gasteiger partial charge in [0.15, 0.2) is 0 Å². The summed E-state index contributed by atoms with van der Waals surface area (Å²) in [6.07, 6.45) is 2.42. The van der Waals surface area contributed by atoms with Crippen molar-refractivity contribution in [2.24, 2.45) is 0 Å². The number of hydrogen-bond acceptors (Lipinski definition) is 3. The Hall–Kier alpha value is -1.94. The number of nitrogens with one attached hydrogen (secondary N) is 1. The van der Waals surface area contributed by atoms with Crippen molar-refractivity contribution in [1.82, 2.24) is 5.32 Å². The summed E-state index contributed by atoms with van der Waals surface area (Å²) >= 11 is 1.71. The van der Waals surface area contributed by atoms with Gasteiger partial charge in [0.05, 0.1) is 19.6 Å². The van der Waals surface area contributed by atoms with Crippen LogP contribution < -0.4 is 10.1 Å². The number of benzene rings is 2. The minimum absolute atomic E-state index is 0.00153. The van der Waals surface area contributed by atoms with E-state index in [1.165, 1.54) is 4.90 Å². The van der Waals surface area contributed by atoms with Crippen LogP contribution in [0.15, 0.2) is 53.4 Å². The lowest BCUT2D eigenvalue weighted by Crippen LogP contribution is -2.28. The first-order valence-electron chi connectivity index (χ1n) is 7.18. The van der Waals surface area contributed by atoms with Gasteiger partial charge in [-0.1, -0.05) is 24.3 Å². The van der Waals surface area contributed by atoms with Crippen LogP contribution in [0.2, 0.25) is 0 Å². The summed E-state index contributed by atoms with van der Waals surface area (Å²) < 4.78 is 5.11. The fraction of sp³-hybridized carbons (Fsp3) is 0.278. The summed E-state index contributed by atoms with van der Waals surface area (Å²) in [5.74, 6) is 0.818. The van der Waals surface area contributed by atoms with Crippen LogP contribution in [0, 0.1) is 0 Å². The molecule has 4 heteroatoms. The van der Waals surface area contributed by atoms with E-state index in [-0.39, 0.29) is 11.9 Å². The highest BCUT2D eigenvalue weighted by molar-refractivity contribution is 7.98. The number of ether oxygens (including phenoxy) is 1. The van der Waals surface area contributed by atoms with E-state index in [0.717, 1.165) is 16.9 Å². The molecule has 3 nitrogen and oxygen atoms in total. The molecule has 2 aromatic carbocycles. The van der Waals surface area contributed by atoms with Gasteiger partial charge in [-0.15, -0.1) is 11.8 Å². The first-order chi connectivity index (χ1) is 10.6. The molecule has 0 saturated carbocycles. The molecule has 2 aromatic rings. The predicted molar refractivity (Wildman–Crippen MR) is 91.5 cm³/mol. The molecule has 1 N–H and O–H groups in total. The zero-order valence-corrected chi connectivity index (χ0v) is 13.9. The number of thioether (sulfide) groups is 1. The molecule has 1 amide bonds. The molecule has 0 heterocycles. The average molecular weight is 315 g/mol. The summed E-state index contributed by atoms with van der Waals surface area (Å²) in [5, 5.41) is 3.03. The minimum Gasteiger partial charge on any atom is -0.497 e.